The highest BCUT2D eigenvalue weighted by Gasteiger charge is 2.69. The third kappa shape index (κ3) is 14.5. The minimum atomic E-state index is -0.474. The fourth-order valence-corrected chi connectivity index (χ4v) is 31.0. The smallest absolute Gasteiger partial charge is 0.407 e. The Hall–Kier alpha value is -4.02. The molecule has 10 bridgehead atoms. The largest absolute Gasteiger partial charge is 0.450 e. The fraction of sp³-hybridized carbons (Fsp3) is 0.779. The van der Waals surface area contributed by atoms with E-state index in [0.29, 0.717) is 100 Å². The number of esters is 5. The predicted molar refractivity (Wildman–Crippen MR) is 441 cm³/mol. The van der Waals surface area contributed by atoms with Crippen LogP contribution in [-0.4, -0.2) is 260 Å². The van der Waals surface area contributed by atoms with Crippen LogP contribution >= 0.6 is 59.5 Å². The molecular weight excluding hydrogens is 1510 g/mol. The number of amides is 1. The summed E-state index contributed by atoms with van der Waals surface area (Å²) in [6.45, 7) is 17.5. The summed E-state index contributed by atoms with van der Waals surface area (Å²) in [4.78, 5) is 89.0. The van der Waals surface area contributed by atoms with Gasteiger partial charge in [0.25, 0.3) is 0 Å². The van der Waals surface area contributed by atoms with E-state index in [4.69, 9.17) is 28.4 Å². The third-order valence-electron chi connectivity index (χ3n) is 29.9. The Bertz CT molecular complexity index is 3910. The molecule has 21 nitrogen and oxygen atoms in total. The summed E-state index contributed by atoms with van der Waals surface area (Å²) < 4.78 is 37.0. The first-order chi connectivity index (χ1) is 53.7. The van der Waals surface area contributed by atoms with Gasteiger partial charge in [-0.15, -0.1) is 12.4 Å². The maximum Gasteiger partial charge on any atom is 0.407 e. The first-order valence-electron chi connectivity index (χ1n) is 43.2. The molecule has 5 spiro atoms. The van der Waals surface area contributed by atoms with Crippen LogP contribution in [0.1, 0.15) is 227 Å². The number of alkyl carbamates (subject to hydrolysis) is 1. The minimum absolute atomic E-state index is 0. The van der Waals surface area contributed by atoms with Crippen molar-refractivity contribution in [2.24, 2.45) is 0 Å². The minimum Gasteiger partial charge on any atom is -0.450 e. The Labute approximate surface area is 686 Å². The number of carbonyl (C=O) groups is 6. The van der Waals surface area contributed by atoms with Crippen molar-refractivity contribution in [3.05, 3.63) is 77.0 Å². The third-order valence-corrected chi connectivity index (χ3v) is 35.4. The van der Waals surface area contributed by atoms with Crippen LogP contribution in [0.15, 0.2) is 77.0 Å². The molecule has 614 valence electrons. The molecule has 6 saturated carbocycles. The van der Waals surface area contributed by atoms with E-state index in [0.717, 1.165) is 113 Å². The molecule has 112 heavy (non-hydrogen) atoms. The zero-order valence-electron chi connectivity index (χ0n) is 66.9. The quantitative estimate of drug-likeness (QED) is 0.107. The van der Waals surface area contributed by atoms with Crippen LogP contribution < -0.4 is 10.6 Å². The van der Waals surface area contributed by atoms with Gasteiger partial charge in [-0.3, -0.25) is 24.5 Å². The van der Waals surface area contributed by atoms with Gasteiger partial charge in [0, 0.05) is 162 Å². The lowest BCUT2D eigenvalue weighted by Crippen LogP contribution is -2.48. The Kier molecular flexibility index (Phi) is 23.2. The standard InChI is InChI=1S/C20H30N2O4S.C18H28N2O2S.C18H25NO2S.C16H19N3O2.C14H19NO2S.ClH/c1-19(2,3)26-18(24)21-7-9-27-15-10-13-11-17(23)25-20(13)12-14(15)22-8-5-4-6-16(20)22;1-12(2)19-6-8-23-15-9-13-10-17(21)22-18(13)11-14(15)20-7-4-3-5-16(18)20;20-17-10-12-9-15(22-13-5-1-2-6-13)14-11-18(12,21-17)16-7-3-4-8-19(14)16;20-15-8-11-7-12(18-6-4-17-10-18)13-9-16(11,21-15)14-3-1-2-5-19(13)14;1-18-11-6-9-7-13(16)17-14(9)8-10(11)15-5-3-2-4-12(14)15;/h11,14-16H,4-10,12H2,1-3H3,(H,21,24);10,12,14-16,19H,3-9,11H2,1-2H3;10,13-16H,1-9,11H2;4,6,8,10,12-14H,1-3,5,7,9H2;7,10-12H,2-6,8H2,1H3;1H/t14-,15?,16+,20-;2*14-,15?,16+,18-;12?,13-,14+,16-;10-,11?,12+,14-;/m00000./s1. The number of aromatic nitrogens is 2. The molecule has 6 aliphatic carbocycles. The van der Waals surface area contributed by atoms with Gasteiger partial charge in [0.05, 0.1) is 42.6 Å². The molecule has 22 rings (SSSR count). The van der Waals surface area contributed by atoms with E-state index in [1.165, 1.54) is 157 Å². The molecule has 1 aromatic rings. The molecule has 1 aromatic heterocycles. The van der Waals surface area contributed by atoms with Crippen LogP contribution in [-0.2, 0) is 52.4 Å². The molecule has 20 atom stereocenters. The summed E-state index contributed by atoms with van der Waals surface area (Å²) in [5.74, 6) is 1.42. The van der Waals surface area contributed by atoms with E-state index in [1.54, 1.807) is 18.2 Å². The maximum atomic E-state index is 12.0. The van der Waals surface area contributed by atoms with Crippen molar-refractivity contribution in [1.29, 1.82) is 0 Å². The summed E-state index contributed by atoms with van der Waals surface area (Å²) in [6.07, 6.45) is 50.9. The molecule has 0 radical (unpaired) electrons. The van der Waals surface area contributed by atoms with Crippen LogP contribution in [0.3, 0.4) is 0 Å². The molecule has 1 amide bonds. The number of nitrogens with one attached hydrogen (secondary N) is 2. The normalized spacial score (nSPS) is 40.5. The van der Waals surface area contributed by atoms with E-state index in [-0.39, 0.29) is 76.4 Å². The van der Waals surface area contributed by atoms with Crippen LogP contribution in [0.4, 0.5) is 4.79 Å². The molecule has 15 aliphatic heterocycles. The average Bonchev–Trinajstić information content (AvgIpc) is 1.58. The van der Waals surface area contributed by atoms with E-state index in [2.05, 4.69) is 88.3 Å². The highest BCUT2D eigenvalue weighted by Crippen LogP contribution is 2.62. The number of halogens is 1. The molecule has 0 aromatic carbocycles. The molecule has 10 saturated heterocycles. The van der Waals surface area contributed by atoms with Crippen molar-refractivity contribution < 1.29 is 57.2 Å². The number of carbonyl (C=O) groups excluding carboxylic acids is 6. The zero-order chi connectivity index (χ0) is 76.3. The summed E-state index contributed by atoms with van der Waals surface area (Å²) in [7, 11) is 0. The topological polar surface area (TPSA) is 216 Å². The molecule has 2 N–H and O–H groups in total. The van der Waals surface area contributed by atoms with Crippen molar-refractivity contribution in [1.82, 2.24) is 44.7 Å². The monoisotopic (exact) mass is 1640 g/mol. The van der Waals surface area contributed by atoms with E-state index in [1.807, 2.05) is 75.2 Å². The van der Waals surface area contributed by atoms with Gasteiger partial charge in [0.1, 0.15) is 5.60 Å². The SMILES string of the molecule is CC(C)(C)OC(=O)NCCSC1CC2=CC(=O)O[C@@]23C[C@@H]1N1CCCC[C@@H]13.CC(C)NCCSC1CC2=CC(=O)O[C@@]23C[C@@H]1N1CCCC[C@@H]13.CSC1CC2=CC(=O)O[C@@]23C[C@@H]1N1CCCC[C@@H]13.Cl.O=C1C=C2CC(SC3CCCC3)[C@@H]3C[C@@]2(O1)[C@H]1CCCCN31.O=C1C=C2CC(n3ccnc3)[C@@H]3C[C@@]2(O1)[C@H]1CCCCN31. The van der Waals surface area contributed by atoms with E-state index < -0.39 is 5.60 Å². The average molecular weight is 1640 g/mol. The second-order valence-corrected chi connectivity index (χ2v) is 42.6. The Morgan fingerprint density at radius 1 is 0.482 bits per heavy atom. The van der Waals surface area contributed by atoms with Gasteiger partial charge in [-0.05, 0) is 197 Å². The lowest BCUT2D eigenvalue weighted by molar-refractivity contribution is -0.149. The lowest BCUT2D eigenvalue weighted by Gasteiger charge is -2.38. The summed E-state index contributed by atoms with van der Waals surface area (Å²) in [6, 6.07) is 5.84. The number of fused-ring (bicyclic) bond motifs is 15. The number of hydrogen-bond donors (Lipinski definition) is 2. The summed E-state index contributed by atoms with van der Waals surface area (Å²) >= 11 is 8.19. The molecule has 5 unspecified atom stereocenters. The van der Waals surface area contributed by atoms with E-state index in [9.17, 15) is 28.8 Å². The number of ether oxygens (including phenoxy) is 6. The highest BCUT2D eigenvalue weighted by molar-refractivity contribution is 8.00. The highest BCUT2D eigenvalue weighted by atomic mass is 35.5. The van der Waals surface area contributed by atoms with Gasteiger partial charge in [-0.25, -0.2) is 33.8 Å². The summed E-state index contributed by atoms with van der Waals surface area (Å²) in [5.41, 5.74) is 4.51. The van der Waals surface area contributed by atoms with Crippen molar-refractivity contribution in [2.45, 2.75) is 353 Å². The van der Waals surface area contributed by atoms with Crippen LogP contribution in [0.25, 0.3) is 0 Å². The van der Waals surface area contributed by atoms with Gasteiger partial charge in [-0.1, -0.05) is 58.8 Å². The number of rotatable bonds is 13. The Balaban J connectivity index is 0.000000102. The molecule has 16 heterocycles. The maximum absolute atomic E-state index is 12.0. The first-order valence-corrected chi connectivity index (χ1v) is 47.6. The van der Waals surface area contributed by atoms with Gasteiger partial charge < -0.3 is 43.6 Å². The van der Waals surface area contributed by atoms with Gasteiger partial charge in [0.2, 0.25) is 0 Å². The number of piperidine rings is 5. The molecule has 26 heteroatoms. The molecule has 16 fully saturated rings. The number of imidazole rings is 1. The molecular formula is C86H122ClN9O12S4. The zero-order valence-corrected chi connectivity index (χ0v) is 71.0. The Morgan fingerprint density at radius 2 is 0.830 bits per heavy atom. The second-order valence-electron chi connectivity index (χ2n) is 37.3. The van der Waals surface area contributed by atoms with Gasteiger partial charge >= 0.3 is 35.9 Å². The Morgan fingerprint density at radius 3 is 1.21 bits per heavy atom. The number of hydrogen-bond acceptors (Lipinski definition) is 23. The summed E-state index contributed by atoms with van der Waals surface area (Å²) in [5, 5.41) is 9.59. The van der Waals surface area contributed by atoms with Crippen molar-refractivity contribution in [3.8, 4) is 0 Å². The molecule has 21 aliphatic rings. The van der Waals surface area contributed by atoms with Gasteiger partial charge in [0.15, 0.2) is 28.0 Å². The van der Waals surface area contributed by atoms with Gasteiger partial charge in [-0.2, -0.15) is 47.0 Å². The van der Waals surface area contributed by atoms with Crippen molar-refractivity contribution >= 4 is 95.4 Å². The van der Waals surface area contributed by atoms with Crippen LogP contribution in [0.2, 0.25) is 0 Å². The second kappa shape index (κ2) is 32.3. The predicted octanol–water partition coefficient (Wildman–Crippen LogP) is 12.6. The van der Waals surface area contributed by atoms with Crippen LogP contribution in [0, 0.1) is 0 Å². The fourth-order valence-electron chi connectivity index (χ4n) is 25.7. The first kappa shape index (κ1) is 80.4. The number of thioether (sulfide) groups is 4. The van der Waals surface area contributed by atoms with Crippen LogP contribution in [0.5, 0.6) is 0 Å². The van der Waals surface area contributed by atoms with Crippen molar-refractivity contribution in [2.75, 3.05) is 63.6 Å². The van der Waals surface area contributed by atoms with Crippen molar-refractivity contribution in [3.63, 3.8) is 0 Å². The van der Waals surface area contributed by atoms with E-state index >= 15 is 0 Å². The lowest BCUT2D eigenvalue weighted by atomic mass is 9.75. The number of nitrogens with zero attached hydrogens (tertiary/aromatic N) is 7.